The molecule has 0 saturated carbocycles. The van der Waals surface area contributed by atoms with Crippen LogP contribution in [0.1, 0.15) is 44.1 Å². The van der Waals surface area contributed by atoms with Crippen LogP contribution in [0.15, 0.2) is 36.7 Å². The van der Waals surface area contributed by atoms with Crippen molar-refractivity contribution in [3.63, 3.8) is 0 Å². The van der Waals surface area contributed by atoms with Crippen LogP contribution in [0.5, 0.6) is 0 Å². The molecule has 0 fully saturated rings. The predicted octanol–water partition coefficient (Wildman–Crippen LogP) is 3.97. The number of nitrogens with one attached hydrogen (secondary N) is 2. The summed E-state index contributed by atoms with van der Waals surface area (Å²) in [4.78, 5) is 40.4. The zero-order valence-electron chi connectivity index (χ0n) is 18.0. The minimum Gasteiger partial charge on any atom is -0.340 e. The number of anilines is 1. The summed E-state index contributed by atoms with van der Waals surface area (Å²) in [6.45, 7) is 7.55. The first-order valence-corrected chi connectivity index (χ1v) is 10.3. The number of hydrogen-bond donors (Lipinski definition) is 2. The molecule has 0 aliphatic carbocycles. The third kappa shape index (κ3) is 4.86. The highest BCUT2D eigenvalue weighted by atomic mass is 35.5. The van der Waals surface area contributed by atoms with E-state index < -0.39 is 22.8 Å². The number of aromatic nitrogens is 3. The zero-order chi connectivity index (χ0) is 23.6. The Kier molecular flexibility index (Phi) is 6.73. The summed E-state index contributed by atoms with van der Waals surface area (Å²) in [7, 11) is 0. The Hall–Kier alpha value is -3.53. The van der Waals surface area contributed by atoms with E-state index in [1.54, 1.807) is 30.8 Å². The van der Waals surface area contributed by atoms with Crippen molar-refractivity contribution in [1.82, 2.24) is 20.1 Å². The molecule has 0 aliphatic rings. The summed E-state index contributed by atoms with van der Waals surface area (Å²) in [6.07, 6.45) is 3.20. The van der Waals surface area contributed by atoms with Gasteiger partial charge in [-0.2, -0.15) is 5.10 Å². The molecule has 0 bridgehead atoms. The number of nitro groups is 1. The van der Waals surface area contributed by atoms with Crippen LogP contribution in [-0.4, -0.2) is 37.5 Å². The second kappa shape index (κ2) is 9.31. The molecule has 0 unspecified atom stereocenters. The maximum atomic E-state index is 12.9. The van der Waals surface area contributed by atoms with Gasteiger partial charge < -0.3 is 10.6 Å². The van der Waals surface area contributed by atoms with Gasteiger partial charge in [0, 0.05) is 23.1 Å². The fraction of sp³-hybridized carbons (Fsp3) is 0.333. The summed E-state index contributed by atoms with van der Waals surface area (Å²) in [5.74, 6) is -1.30. The number of nitro benzene ring substituents is 1. The van der Waals surface area contributed by atoms with E-state index in [0.29, 0.717) is 11.3 Å². The van der Waals surface area contributed by atoms with Crippen molar-refractivity contribution in [2.24, 2.45) is 5.92 Å². The average Bonchev–Trinajstić information content (AvgIpc) is 3.15. The lowest BCUT2D eigenvalue weighted by Gasteiger charge is -2.21. The molecule has 168 valence electrons. The molecule has 0 spiro atoms. The molecule has 0 aliphatic heterocycles. The van der Waals surface area contributed by atoms with Crippen LogP contribution in [0, 0.1) is 16.0 Å². The zero-order valence-corrected chi connectivity index (χ0v) is 18.8. The van der Waals surface area contributed by atoms with Crippen molar-refractivity contribution in [3.05, 3.63) is 57.4 Å². The summed E-state index contributed by atoms with van der Waals surface area (Å²) in [5.41, 5.74) is 0.818. The van der Waals surface area contributed by atoms with Crippen LogP contribution in [0.3, 0.4) is 0 Å². The summed E-state index contributed by atoms with van der Waals surface area (Å²) < 4.78 is 1.78. The number of benzene rings is 1. The Balaban J connectivity index is 1.77. The smallest absolute Gasteiger partial charge is 0.288 e. The van der Waals surface area contributed by atoms with E-state index in [4.69, 9.17) is 11.6 Å². The van der Waals surface area contributed by atoms with Gasteiger partial charge in [0.15, 0.2) is 5.65 Å². The number of hydrogen-bond acceptors (Lipinski definition) is 6. The molecule has 0 radical (unpaired) electrons. The van der Waals surface area contributed by atoms with Crippen molar-refractivity contribution in [1.29, 1.82) is 0 Å². The number of carbonyl (C=O) groups excluding carboxylic acids is 2. The Morgan fingerprint density at radius 1 is 1.16 bits per heavy atom. The quantitative estimate of drug-likeness (QED) is 0.406. The van der Waals surface area contributed by atoms with E-state index in [9.17, 15) is 19.7 Å². The summed E-state index contributed by atoms with van der Waals surface area (Å²) in [5, 5.41) is 21.5. The Morgan fingerprint density at radius 3 is 2.50 bits per heavy atom. The molecule has 1 aromatic carbocycles. The molecule has 2 aromatic heterocycles. The van der Waals surface area contributed by atoms with Crippen LogP contribution >= 0.6 is 11.6 Å². The monoisotopic (exact) mass is 458 g/mol. The number of rotatable bonds is 7. The second-order valence-electron chi connectivity index (χ2n) is 7.93. The molecule has 0 saturated heterocycles. The first-order chi connectivity index (χ1) is 15.1. The number of amides is 2. The number of fused-ring (bicyclic) bond motifs is 1. The third-order valence-corrected chi connectivity index (χ3v) is 5.15. The maximum absolute atomic E-state index is 12.9. The lowest BCUT2D eigenvalue weighted by molar-refractivity contribution is -0.384. The summed E-state index contributed by atoms with van der Waals surface area (Å²) in [6, 6.07) is 4.74. The van der Waals surface area contributed by atoms with Gasteiger partial charge in [0.2, 0.25) is 5.91 Å². The fourth-order valence-electron chi connectivity index (χ4n) is 3.16. The third-order valence-electron chi connectivity index (χ3n) is 4.83. The van der Waals surface area contributed by atoms with Crippen LogP contribution < -0.4 is 10.6 Å². The van der Waals surface area contributed by atoms with Gasteiger partial charge >= 0.3 is 0 Å². The van der Waals surface area contributed by atoms with Gasteiger partial charge in [-0.1, -0.05) is 25.4 Å². The SMILES string of the molecule is CC(C)[C@H](NC(=O)c1ccc(Cl)c([N+](=O)[O-])c1)C(=O)Nc1cnc2c(cnn2C(C)C)c1. The standard InChI is InChI=1S/C21H23ClN6O4/c1-11(2)18(26-20(29)13-5-6-16(22)17(8-13)28(31)32)21(30)25-15-7-14-9-24-27(12(3)4)19(14)23-10-15/h5-12,18H,1-4H3,(H,25,30)(H,26,29)/t18-/m0/s1. The first-order valence-electron chi connectivity index (χ1n) is 9.97. The van der Waals surface area contributed by atoms with Crippen molar-refractivity contribution < 1.29 is 14.5 Å². The molecular formula is C21H23ClN6O4. The first kappa shape index (κ1) is 23.1. The molecule has 2 N–H and O–H groups in total. The number of carbonyl (C=O) groups is 2. The summed E-state index contributed by atoms with van der Waals surface area (Å²) >= 11 is 5.80. The maximum Gasteiger partial charge on any atom is 0.288 e. The van der Waals surface area contributed by atoms with E-state index in [0.717, 1.165) is 11.5 Å². The highest BCUT2D eigenvalue weighted by Crippen LogP contribution is 2.25. The molecule has 3 aromatic rings. The lowest BCUT2D eigenvalue weighted by atomic mass is 10.0. The topological polar surface area (TPSA) is 132 Å². The van der Waals surface area contributed by atoms with E-state index >= 15 is 0 Å². The molecule has 32 heavy (non-hydrogen) atoms. The molecule has 1 atom stereocenters. The Morgan fingerprint density at radius 2 is 1.88 bits per heavy atom. The van der Waals surface area contributed by atoms with E-state index in [1.165, 1.54) is 18.3 Å². The number of pyridine rings is 1. The van der Waals surface area contributed by atoms with Gasteiger partial charge in [-0.25, -0.2) is 9.67 Å². The predicted molar refractivity (Wildman–Crippen MR) is 121 cm³/mol. The number of halogens is 1. The molecule has 2 heterocycles. The van der Waals surface area contributed by atoms with Gasteiger partial charge in [0.1, 0.15) is 11.1 Å². The van der Waals surface area contributed by atoms with Crippen molar-refractivity contribution in [2.45, 2.75) is 39.8 Å². The van der Waals surface area contributed by atoms with Crippen molar-refractivity contribution in [3.8, 4) is 0 Å². The number of nitrogens with zero attached hydrogens (tertiary/aromatic N) is 4. The fourth-order valence-corrected chi connectivity index (χ4v) is 3.35. The van der Waals surface area contributed by atoms with Gasteiger partial charge in [0.25, 0.3) is 11.6 Å². The molecule has 2 amide bonds. The van der Waals surface area contributed by atoms with Crippen LogP contribution in [-0.2, 0) is 4.79 Å². The van der Waals surface area contributed by atoms with Gasteiger partial charge in [0.05, 0.1) is 23.0 Å². The van der Waals surface area contributed by atoms with Gasteiger partial charge in [-0.05, 0) is 38.0 Å². The van der Waals surface area contributed by atoms with E-state index in [2.05, 4.69) is 20.7 Å². The van der Waals surface area contributed by atoms with E-state index in [-0.39, 0.29) is 28.2 Å². The highest BCUT2D eigenvalue weighted by molar-refractivity contribution is 6.32. The minimum absolute atomic E-state index is 0.0312. The molecule has 11 heteroatoms. The highest BCUT2D eigenvalue weighted by Gasteiger charge is 2.26. The normalized spacial score (nSPS) is 12.2. The van der Waals surface area contributed by atoms with E-state index in [1.807, 2.05) is 13.8 Å². The van der Waals surface area contributed by atoms with Crippen LogP contribution in [0.25, 0.3) is 11.0 Å². The van der Waals surface area contributed by atoms with Crippen LogP contribution in [0.4, 0.5) is 11.4 Å². The van der Waals surface area contributed by atoms with Gasteiger partial charge in [-0.3, -0.25) is 19.7 Å². The van der Waals surface area contributed by atoms with Crippen molar-refractivity contribution in [2.75, 3.05) is 5.32 Å². The second-order valence-corrected chi connectivity index (χ2v) is 8.33. The van der Waals surface area contributed by atoms with Crippen molar-refractivity contribution >= 4 is 45.8 Å². The molecule has 10 nitrogen and oxygen atoms in total. The minimum atomic E-state index is -0.883. The lowest BCUT2D eigenvalue weighted by Crippen LogP contribution is -2.47. The van der Waals surface area contributed by atoms with Crippen LogP contribution in [0.2, 0.25) is 5.02 Å². The average molecular weight is 459 g/mol. The largest absolute Gasteiger partial charge is 0.340 e. The Labute approximate surface area is 189 Å². The molecule has 3 rings (SSSR count). The van der Waals surface area contributed by atoms with Gasteiger partial charge in [-0.15, -0.1) is 0 Å². The Bertz CT molecular complexity index is 1190. The molecular weight excluding hydrogens is 436 g/mol.